The first-order valence-electron chi connectivity index (χ1n) is 5.78. The van der Waals surface area contributed by atoms with Gasteiger partial charge in [-0.05, 0) is 29.8 Å². The summed E-state index contributed by atoms with van der Waals surface area (Å²) in [6.45, 7) is 0.535. The van der Waals surface area contributed by atoms with Gasteiger partial charge in [-0.25, -0.2) is 4.39 Å². The molecule has 0 bridgehead atoms. The Bertz CT molecular complexity index is 633. The highest BCUT2D eigenvalue weighted by Crippen LogP contribution is 2.41. The molecule has 1 atom stereocenters. The minimum Gasteiger partial charge on any atom is -0.480 e. The van der Waals surface area contributed by atoms with Crippen molar-refractivity contribution in [3.05, 3.63) is 57.8 Å². The summed E-state index contributed by atoms with van der Waals surface area (Å²) in [6.07, 6.45) is -0.276. The Morgan fingerprint density at radius 2 is 2.05 bits per heavy atom. The molecule has 0 radical (unpaired) electrons. The molecule has 0 fully saturated rings. The van der Waals surface area contributed by atoms with E-state index in [2.05, 4.69) is 5.32 Å². The van der Waals surface area contributed by atoms with Gasteiger partial charge in [-0.2, -0.15) is 0 Å². The van der Waals surface area contributed by atoms with E-state index in [4.69, 9.17) is 27.9 Å². The predicted molar refractivity (Wildman–Crippen MR) is 74.7 cm³/mol. The zero-order valence-corrected chi connectivity index (χ0v) is 11.3. The lowest BCUT2D eigenvalue weighted by molar-refractivity contribution is 0.210. The number of anilines is 1. The summed E-state index contributed by atoms with van der Waals surface area (Å²) >= 11 is 12.0. The van der Waals surface area contributed by atoms with Crippen molar-refractivity contribution in [2.45, 2.75) is 6.10 Å². The average Bonchev–Trinajstić information content (AvgIpc) is 2.38. The van der Waals surface area contributed by atoms with E-state index in [1.54, 1.807) is 18.2 Å². The van der Waals surface area contributed by atoms with Gasteiger partial charge in [0.1, 0.15) is 11.9 Å². The second-order valence-corrected chi connectivity index (χ2v) is 5.15. The van der Waals surface area contributed by atoms with Crippen molar-refractivity contribution in [1.82, 2.24) is 0 Å². The van der Waals surface area contributed by atoms with Gasteiger partial charge in [0, 0.05) is 5.02 Å². The fraction of sp³-hybridized carbons (Fsp3) is 0.143. The molecule has 2 aromatic carbocycles. The van der Waals surface area contributed by atoms with Gasteiger partial charge in [-0.3, -0.25) is 0 Å². The number of hydrogen-bond donors (Lipinski definition) is 1. The molecule has 1 N–H and O–H groups in total. The molecule has 0 spiro atoms. The van der Waals surface area contributed by atoms with E-state index >= 15 is 0 Å². The molecule has 1 aliphatic rings. The molecule has 98 valence electrons. The Hall–Kier alpha value is -1.45. The van der Waals surface area contributed by atoms with E-state index < -0.39 is 0 Å². The summed E-state index contributed by atoms with van der Waals surface area (Å²) in [4.78, 5) is 0. The quantitative estimate of drug-likeness (QED) is 0.825. The molecule has 0 saturated carbocycles. The third kappa shape index (κ3) is 2.48. The summed E-state index contributed by atoms with van der Waals surface area (Å²) in [5.74, 6) is 0.265. The smallest absolute Gasteiger partial charge is 0.162 e. The van der Waals surface area contributed by atoms with Crippen LogP contribution in [0.2, 0.25) is 10.0 Å². The first-order chi connectivity index (χ1) is 9.13. The number of benzene rings is 2. The zero-order chi connectivity index (χ0) is 13.4. The van der Waals surface area contributed by atoms with Crippen LogP contribution < -0.4 is 10.1 Å². The normalized spacial score (nSPS) is 17.3. The molecule has 1 unspecified atom stereocenters. The lowest BCUT2D eigenvalue weighted by Crippen LogP contribution is -2.23. The Kier molecular flexibility index (Phi) is 3.25. The SMILES string of the molecule is Fc1cccc(C2CNc3cc(Cl)cc(Cl)c3O2)c1. The van der Waals surface area contributed by atoms with E-state index in [0.29, 0.717) is 22.3 Å². The van der Waals surface area contributed by atoms with Gasteiger partial charge in [0.05, 0.1) is 17.3 Å². The summed E-state index contributed by atoms with van der Waals surface area (Å²) in [5.41, 5.74) is 1.52. The maximum absolute atomic E-state index is 13.2. The van der Waals surface area contributed by atoms with E-state index in [-0.39, 0.29) is 11.9 Å². The fourth-order valence-electron chi connectivity index (χ4n) is 2.09. The van der Waals surface area contributed by atoms with Crippen LogP contribution in [0.25, 0.3) is 0 Å². The molecular weight excluding hydrogens is 288 g/mol. The van der Waals surface area contributed by atoms with E-state index in [0.717, 1.165) is 11.3 Å². The summed E-state index contributed by atoms with van der Waals surface area (Å²) < 4.78 is 19.1. The van der Waals surface area contributed by atoms with Crippen molar-refractivity contribution >= 4 is 28.9 Å². The predicted octanol–water partition coefficient (Wildman–Crippen LogP) is 4.68. The van der Waals surface area contributed by atoms with Crippen molar-refractivity contribution in [2.75, 3.05) is 11.9 Å². The fourth-order valence-corrected chi connectivity index (χ4v) is 2.63. The molecule has 5 heteroatoms. The van der Waals surface area contributed by atoms with Crippen molar-refractivity contribution < 1.29 is 9.13 Å². The van der Waals surface area contributed by atoms with Crippen molar-refractivity contribution in [3.63, 3.8) is 0 Å². The summed E-state index contributed by atoms with van der Waals surface area (Å²) in [6, 6.07) is 9.72. The largest absolute Gasteiger partial charge is 0.480 e. The Morgan fingerprint density at radius 1 is 1.21 bits per heavy atom. The number of nitrogens with one attached hydrogen (secondary N) is 1. The maximum atomic E-state index is 13.2. The minimum atomic E-state index is -0.283. The van der Waals surface area contributed by atoms with Gasteiger partial charge in [-0.1, -0.05) is 35.3 Å². The highest BCUT2D eigenvalue weighted by atomic mass is 35.5. The van der Waals surface area contributed by atoms with Gasteiger partial charge in [0.2, 0.25) is 0 Å². The molecule has 2 nitrogen and oxygen atoms in total. The minimum absolute atomic E-state index is 0.276. The molecule has 3 rings (SSSR count). The molecule has 0 saturated heterocycles. The summed E-state index contributed by atoms with van der Waals surface area (Å²) in [7, 11) is 0. The van der Waals surface area contributed by atoms with Gasteiger partial charge in [-0.15, -0.1) is 0 Å². The molecule has 0 amide bonds. The highest BCUT2D eigenvalue weighted by molar-refractivity contribution is 6.36. The second-order valence-electron chi connectivity index (χ2n) is 4.31. The molecule has 1 heterocycles. The number of rotatable bonds is 1. The van der Waals surface area contributed by atoms with Crippen LogP contribution in [0.3, 0.4) is 0 Å². The number of fused-ring (bicyclic) bond motifs is 1. The lowest BCUT2D eigenvalue weighted by atomic mass is 10.1. The van der Waals surface area contributed by atoms with Crippen molar-refractivity contribution in [1.29, 1.82) is 0 Å². The maximum Gasteiger partial charge on any atom is 0.162 e. The van der Waals surface area contributed by atoms with Crippen LogP contribution >= 0.6 is 23.2 Å². The van der Waals surface area contributed by atoms with Crippen LogP contribution in [0.4, 0.5) is 10.1 Å². The van der Waals surface area contributed by atoms with Crippen molar-refractivity contribution in [2.24, 2.45) is 0 Å². The van der Waals surface area contributed by atoms with E-state index in [9.17, 15) is 4.39 Å². The molecule has 0 aromatic heterocycles. The lowest BCUT2D eigenvalue weighted by Gasteiger charge is -2.28. The second kappa shape index (κ2) is 4.91. The topological polar surface area (TPSA) is 21.3 Å². The monoisotopic (exact) mass is 297 g/mol. The standard InChI is InChI=1S/C14H10Cl2FNO/c15-9-5-11(16)14-12(6-9)18-7-13(19-14)8-2-1-3-10(17)4-8/h1-6,13,18H,7H2. The van der Waals surface area contributed by atoms with E-state index in [1.807, 2.05) is 6.07 Å². The van der Waals surface area contributed by atoms with Gasteiger partial charge in [0.25, 0.3) is 0 Å². The molecule has 1 aliphatic heterocycles. The molecule has 0 aliphatic carbocycles. The first-order valence-corrected chi connectivity index (χ1v) is 6.54. The van der Waals surface area contributed by atoms with Gasteiger partial charge < -0.3 is 10.1 Å². The zero-order valence-electron chi connectivity index (χ0n) is 9.79. The van der Waals surface area contributed by atoms with Gasteiger partial charge >= 0.3 is 0 Å². The first kappa shape index (κ1) is 12.6. The molecule has 2 aromatic rings. The van der Waals surface area contributed by atoms with Crippen LogP contribution in [-0.4, -0.2) is 6.54 Å². The average molecular weight is 298 g/mol. The molecule has 19 heavy (non-hydrogen) atoms. The number of hydrogen-bond acceptors (Lipinski definition) is 2. The Morgan fingerprint density at radius 3 is 2.84 bits per heavy atom. The Labute approximate surface area is 120 Å². The third-order valence-electron chi connectivity index (χ3n) is 2.97. The van der Waals surface area contributed by atoms with Crippen LogP contribution in [0.15, 0.2) is 36.4 Å². The number of ether oxygens (including phenoxy) is 1. The van der Waals surface area contributed by atoms with Crippen LogP contribution in [0.1, 0.15) is 11.7 Å². The molecular formula is C14H10Cl2FNO. The van der Waals surface area contributed by atoms with Crippen LogP contribution in [0.5, 0.6) is 5.75 Å². The van der Waals surface area contributed by atoms with Gasteiger partial charge in [0.15, 0.2) is 5.75 Å². The third-order valence-corrected chi connectivity index (χ3v) is 3.47. The van der Waals surface area contributed by atoms with Crippen LogP contribution in [0, 0.1) is 5.82 Å². The Balaban J connectivity index is 1.94. The van der Waals surface area contributed by atoms with Crippen LogP contribution in [-0.2, 0) is 0 Å². The van der Waals surface area contributed by atoms with E-state index in [1.165, 1.54) is 12.1 Å². The van der Waals surface area contributed by atoms with Crippen molar-refractivity contribution in [3.8, 4) is 5.75 Å². The number of halogens is 3. The highest BCUT2D eigenvalue weighted by Gasteiger charge is 2.23. The summed E-state index contributed by atoms with van der Waals surface area (Å²) in [5, 5.41) is 4.18.